The molecule has 9 heteroatoms. The summed E-state index contributed by atoms with van der Waals surface area (Å²) in [4.78, 5) is 27.3. The third kappa shape index (κ3) is 5.85. The Morgan fingerprint density at radius 3 is 2.78 bits per heavy atom. The maximum Gasteiger partial charge on any atom is 0.305 e. The van der Waals surface area contributed by atoms with E-state index in [2.05, 4.69) is 15.5 Å². The van der Waals surface area contributed by atoms with Gasteiger partial charge in [-0.1, -0.05) is 5.16 Å². The van der Waals surface area contributed by atoms with Crippen molar-refractivity contribution in [3.63, 3.8) is 0 Å². The lowest BCUT2D eigenvalue weighted by Crippen LogP contribution is -2.50. The predicted molar refractivity (Wildman–Crippen MR) is 93.4 cm³/mol. The number of hydrogen-bond acceptors (Lipinski definition) is 6. The molecule has 1 heterocycles. The van der Waals surface area contributed by atoms with Gasteiger partial charge in [-0.05, 0) is 37.6 Å². The molecule has 0 aliphatic heterocycles. The number of aryl methyl sites for hydroxylation is 2. The lowest BCUT2D eigenvalue weighted by Gasteiger charge is -2.28. The van der Waals surface area contributed by atoms with Crippen LogP contribution in [0.3, 0.4) is 0 Å². The summed E-state index contributed by atoms with van der Waals surface area (Å²) in [7, 11) is 1.43. The number of ether oxygens (including phenoxy) is 1. The van der Waals surface area contributed by atoms with Crippen LogP contribution in [-0.4, -0.2) is 46.4 Å². The summed E-state index contributed by atoms with van der Waals surface area (Å²) in [5.41, 5.74) is 0.0695. The molecule has 0 bridgehead atoms. The van der Waals surface area contributed by atoms with Gasteiger partial charge in [-0.25, -0.2) is 4.39 Å². The van der Waals surface area contributed by atoms with Gasteiger partial charge in [0.25, 0.3) is 0 Å². The molecule has 1 atom stereocenters. The minimum Gasteiger partial charge on any atom is -0.481 e. The summed E-state index contributed by atoms with van der Waals surface area (Å²) in [6.07, 6.45) is -0.0284. The molecular formula is C18H22FN3O5. The number of rotatable bonds is 9. The number of methoxy groups -OCH3 is 1. The Morgan fingerprint density at radius 1 is 1.41 bits per heavy atom. The van der Waals surface area contributed by atoms with E-state index in [-0.39, 0.29) is 43.5 Å². The van der Waals surface area contributed by atoms with Crippen LogP contribution in [0.1, 0.15) is 31.2 Å². The molecule has 146 valence electrons. The Morgan fingerprint density at radius 2 is 2.15 bits per heavy atom. The van der Waals surface area contributed by atoms with E-state index in [1.807, 2.05) is 0 Å². The smallest absolute Gasteiger partial charge is 0.305 e. The van der Waals surface area contributed by atoms with E-state index in [4.69, 9.17) is 14.4 Å². The van der Waals surface area contributed by atoms with Gasteiger partial charge in [0.15, 0.2) is 0 Å². The summed E-state index contributed by atoms with van der Waals surface area (Å²) in [6.45, 7) is 3.31. The lowest BCUT2D eigenvalue weighted by molar-refractivity contribution is -0.139. The highest BCUT2D eigenvalue weighted by Crippen LogP contribution is 2.19. The second-order valence-corrected chi connectivity index (χ2v) is 6.59. The number of hydrogen-bond donors (Lipinski definition) is 2. The van der Waals surface area contributed by atoms with Crippen molar-refractivity contribution in [1.82, 2.24) is 15.5 Å². The second kappa shape index (κ2) is 8.72. The van der Waals surface area contributed by atoms with Gasteiger partial charge in [-0.2, -0.15) is 4.98 Å². The average molecular weight is 379 g/mol. The molecule has 2 aromatic rings. The number of carboxylic acids is 1. The fraction of sp³-hybridized carbons (Fsp3) is 0.444. The highest BCUT2D eigenvalue weighted by atomic mass is 19.1. The number of carbonyl (C=O) groups excluding carboxylic acids is 1. The Kier molecular flexibility index (Phi) is 6.62. The van der Waals surface area contributed by atoms with Gasteiger partial charge in [0.1, 0.15) is 5.82 Å². The van der Waals surface area contributed by atoms with Crippen molar-refractivity contribution in [3.8, 4) is 11.4 Å². The number of carbonyl (C=O) groups is 2. The molecule has 0 saturated carbocycles. The Hall–Kier alpha value is -2.81. The summed E-state index contributed by atoms with van der Waals surface area (Å²) in [5.74, 6) is -1.14. The molecule has 0 aliphatic carbocycles. The van der Waals surface area contributed by atoms with Crippen LogP contribution >= 0.6 is 0 Å². The normalized spacial score (nSPS) is 13.2. The molecular weight excluding hydrogens is 357 g/mol. The van der Waals surface area contributed by atoms with E-state index in [9.17, 15) is 14.0 Å². The Balaban J connectivity index is 1.96. The van der Waals surface area contributed by atoms with Gasteiger partial charge < -0.3 is 19.7 Å². The molecule has 0 radical (unpaired) electrons. The zero-order chi connectivity index (χ0) is 20.0. The number of carboxylic acid groups (broad SMARTS) is 1. The number of aliphatic carboxylic acids is 1. The van der Waals surface area contributed by atoms with E-state index < -0.39 is 11.5 Å². The molecule has 27 heavy (non-hydrogen) atoms. The first-order valence-electron chi connectivity index (χ1n) is 8.33. The number of amides is 1. The van der Waals surface area contributed by atoms with Crippen molar-refractivity contribution in [3.05, 3.63) is 35.5 Å². The highest BCUT2D eigenvalue weighted by molar-refractivity contribution is 5.78. The third-order valence-electron chi connectivity index (χ3n) is 3.90. The average Bonchev–Trinajstić information content (AvgIpc) is 3.03. The third-order valence-corrected chi connectivity index (χ3v) is 3.90. The van der Waals surface area contributed by atoms with Crippen LogP contribution in [0.5, 0.6) is 0 Å². The topological polar surface area (TPSA) is 115 Å². The van der Waals surface area contributed by atoms with Gasteiger partial charge in [0.05, 0.1) is 18.6 Å². The number of aromatic nitrogens is 2. The number of nitrogens with one attached hydrogen (secondary N) is 1. The molecule has 0 saturated heterocycles. The van der Waals surface area contributed by atoms with Crippen molar-refractivity contribution in [2.24, 2.45) is 0 Å². The van der Waals surface area contributed by atoms with Crippen LogP contribution in [0.2, 0.25) is 0 Å². The number of nitrogens with zero attached hydrogens (tertiary/aromatic N) is 2. The summed E-state index contributed by atoms with van der Waals surface area (Å²) < 4.78 is 23.5. The van der Waals surface area contributed by atoms with Crippen molar-refractivity contribution in [2.75, 3.05) is 13.7 Å². The van der Waals surface area contributed by atoms with Gasteiger partial charge in [-0.3, -0.25) is 9.59 Å². The van der Waals surface area contributed by atoms with E-state index >= 15 is 0 Å². The van der Waals surface area contributed by atoms with Crippen LogP contribution in [0.15, 0.2) is 22.7 Å². The van der Waals surface area contributed by atoms with E-state index in [0.717, 1.165) is 0 Å². The van der Waals surface area contributed by atoms with Crippen LogP contribution in [0.25, 0.3) is 11.4 Å². The first-order valence-corrected chi connectivity index (χ1v) is 8.33. The molecule has 0 fully saturated rings. The van der Waals surface area contributed by atoms with E-state index in [1.54, 1.807) is 26.0 Å². The molecule has 1 aromatic carbocycles. The van der Waals surface area contributed by atoms with Crippen molar-refractivity contribution < 1.29 is 28.3 Å². The number of benzene rings is 1. The molecule has 1 amide bonds. The van der Waals surface area contributed by atoms with Gasteiger partial charge in [0.2, 0.25) is 17.6 Å². The van der Waals surface area contributed by atoms with E-state index in [1.165, 1.54) is 13.2 Å². The van der Waals surface area contributed by atoms with E-state index in [0.29, 0.717) is 17.0 Å². The maximum atomic E-state index is 13.3. The molecule has 1 unspecified atom stereocenters. The van der Waals surface area contributed by atoms with Crippen molar-refractivity contribution >= 4 is 11.9 Å². The summed E-state index contributed by atoms with van der Waals surface area (Å²) in [5, 5.41) is 15.5. The van der Waals surface area contributed by atoms with Gasteiger partial charge in [0, 0.05) is 25.5 Å². The second-order valence-electron chi connectivity index (χ2n) is 6.59. The molecule has 8 nitrogen and oxygen atoms in total. The minimum absolute atomic E-state index is 0.0446. The quantitative estimate of drug-likeness (QED) is 0.686. The molecule has 0 spiro atoms. The summed E-state index contributed by atoms with van der Waals surface area (Å²) in [6, 6.07) is 4.48. The zero-order valence-corrected chi connectivity index (χ0v) is 15.4. The monoisotopic (exact) mass is 379 g/mol. The summed E-state index contributed by atoms with van der Waals surface area (Å²) >= 11 is 0. The van der Waals surface area contributed by atoms with Crippen LogP contribution < -0.4 is 5.32 Å². The standard InChI is InChI=1S/C18H22FN3O5/c1-11-8-12(4-5-13(11)19)17-20-15(27-22-17)7-6-14(23)21-18(2,10-26-3)9-16(24)25/h4-5,8H,6-7,9-10H2,1-3H3,(H,21,23)(H,24,25). The SMILES string of the molecule is COCC(C)(CC(=O)O)NC(=O)CCc1nc(-c2ccc(F)c(C)c2)no1. The molecule has 2 N–H and O–H groups in total. The van der Waals surface area contributed by atoms with Crippen LogP contribution in [-0.2, 0) is 20.7 Å². The zero-order valence-electron chi connectivity index (χ0n) is 15.4. The Labute approximate surface area is 155 Å². The maximum absolute atomic E-state index is 13.3. The predicted octanol–water partition coefficient (Wildman–Crippen LogP) is 2.11. The Bertz CT molecular complexity index is 823. The molecule has 1 aromatic heterocycles. The first-order chi connectivity index (χ1) is 12.7. The van der Waals surface area contributed by atoms with Crippen molar-refractivity contribution in [2.45, 2.75) is 38.6 Å². The van der Waals surface area contributed by atoms with Crippen LogP contribution in [0.4, 0.5) is 4.39 Å². The minimum atomic E-state index is -1.04. The molecule has 0 aliphatic rings. The molecule has 2 rings (SSSR count). The van der Waals surface area contributed by atoms with Crippen molar-refractivity contribution in [1.29, 1.82) is 0 Å². The fourth-order valence-corrected chi connectivity index (χ4v) is 2.66. The largest absolute Gasteiger partial charge is 0.481 e. The first kappa shape index (κ1) is 20.5. The highest BCUT2D eigenvalue weighted by Gasteiger charge is 2.29. The van der Waals surface area contributed by atoms with Gasteiger partial charge >= 0.3 is 5.97 Å². The van der Waals surface area contributed by atoms with Crippen LogP contribution in [0, 0.1) is 12.7 Å². The fourth-order valence-electron chi connectivity index (χ4n) is 2.66. The lowest BCUT2D eigenvalue weighted by atomic mass is 9.98. The van der Waals surface area contributed by atoms with Gasteiger partial charge in [-0.15, -0.1) is 0 Å². The number of halogens is 1.